The van der Waals surface area contributed by atoms with Crippen LogP contribution >= 0.6 is 11.6 Å². The molecule has 1 aliphatic heterocycles. The van der Waals surface area contributed by atoms with Crippen molar-refractivity contribution in [2.24, 2.45) is 0 Å². The van der Waals surface area contributed by atoms with Crippen molar-refractivity contribution >= 4 is 17.3 Å². The third kappa shape index (κ3) is 4.97. The first kappa shape index (κ1) is 16.2. The number of anilines is 1. The van der Waals surface area contributed by atoms with Gasteiger partial charge in [-0.05, 0) is 31.0 Å². The van der Waals surface area contributed by atoms with E-state index in [1.165, 1.54) is 4.90 Å². The zero-order valence-corrected chi connectivity index (χ0v) is 12.5. The van der Waals surface area contributed by atoms with Crippen LogP contribution in [0.5, 0.6) is 5.75 Å². The van der Waals surface area contributed by atoms with Crippen molar-refractivity contribution in [1.29, 1.82) is 0 Å². The summed E-state index contributed by atoms with van der Waals surface area (Å²) in [5.41, 5.74) is 0.777. The molecule has 118 valence electrons. The number of alkyl halides is 3. The van der Waals surface area contributed by atoms with Crippen LogP contribution in [0.1, 0.15) is 12.8 Å². The molecule has 2 rings (SSSR count). The van der Waals surface area contributed by atoms with E-state index < -0.39 is 12.7 Å². The highest BCUT2D eigenvalue weighted by Gasteiger charge is 2.32. The number of methoxy groups -OCH3 is 1. The van der Waals surface area contributed by atoms with E-state index in [0.717, 1.165) is 5.69 Å². The number of hydrogen-bond donors (Lipinski definition) is 1. The van der Waals surface area contributed by atoms with E-state index in [1.807, 2.05) is 0 Å². The highest BCUT2D eigenvalue weighted by molar-refractivity contribution is 6.30. The van der Waals surface area contributed by atoms with Crippen molar-refractivity contribution < 1.29 is 17.9 Å². The molecule has 1 aromatic rings. The average Bonchev–Trinajstić information content (AvgIpc) is 2.40. The maximum absolute atomic E-state index is 12.3. The number of hydrogen-bond acceptors (Lipinski definition) is 3. The summed E-state index contributed by atoms with van der Waals surface area (Å²) < 4.78 is 42.3. The standard InChI is InChI=1S/C14H18ClF3N2O/c1-21-13-3-2-10(15)8-12(13)19-11-4-6-20(7-5-11)9-14(16,17)18/h2-3,8,11,19H,4-7,9H2,1H3. The fourth-order valence-electron chi connectivity index (χ4n) is 2.50. The Kier molecular flexibility index (Phi) is 5.22. The van der Waals surface area contributed by atoms with Crippen molar-refractivity contribution in [2.75, 3.05) is 32.1 Å². The zero-order chi connectivity index (χ0) is 15.5. The Balaban J connectivity index is 1.90. The number of nitrogens with zero attached hydrogens (tertiary/aromatic N) is 1. The normalized spacial score (nSPS) is 17.8. The molecule has 0 aliphatic carbocycles. The first-order valence-corrected chi connectivity index (χ1v) is 7.14. The van der Waals surface area contributed by atoms with Crippen LogP contribution in [0, 0.1) is 0 Å². The van der Waals surface area contributed by atoms with Gasteiger partial charge in [-0.15, -0.1) is 0 Å². The maximum Gasteiger partial charge on any atom is 0.401 e. The van der Waals surface area contributed by atoms with E-state index in [0.29, 0.717) is 36.7 Å². The molecule has 0 saturated carbocycles. The first-order valence-electron chi connectivity index (χ1n) is 6.76. The summed E-state index contributed by atoms with van der Waals surface area (Å²) in [6.07, 6.45) is -2.81. The highest BCUT2D eigenvalue weighted by atomic mass is 35.5. The molecule has 1 N–H and O–H groups in total. The van der Waals surface area contributed by atoms with Gasteiger partial charge >= 0.3 is 6.18 Å². The number of piperidine rings is 1. The molecular weight excluding hydrogens is 305 g/mol. The molecule has 1 fully saturated rings. The number of nitrogens with one attached hydrogen (secondary N) is 1. The average molecular weight is 323 g/mol. The predicted octanol–water partition coefficient (Wildman–Crippen LogP) is 3.79. The van der Waals surface area contributed by atoms with Gasteiger partial charge in [0.1, 0.15) is 5.75 Å². The van der Waals surface area contributed by atoms with Gasteiger partial charge in [0, 0.05) is 24.2 Å². The molecule has 1 saturated heterocycles. The van der Waals surface area contributed by atoms with E-state index >= 15 is 0 Å². The van der Waals surface area contributed by atoms with E-state index in [4.69, 9.17) is 16.3 Å². The molecule has 0 unspecified atom stereocenters. The minimum absolute atomic E-state index is 0.127. The summed E-state index contributed by atoms with van der Waals surface area (Å²) in [7, 11) is 1.57. The van der Waals surface area contributed by atoms with Gasteiger partial charge in [-0.25, -0.2) is 0 Å². The summed E-state index contributed by atoms with van der Waals surface area (Å²) in [4.78, 5) is 1.44. The van der Waals surface area contributed by atoms with Crippen LogP contribution in [0.3, 0.4) is 0 Å². The largest absolute Gasteiger partial charge is 0.495 e. The summed E-state index contributed by atoms with van der Waals surface area (Å²) in [5, 5.41) is 3.90. The molecule has 3 nitrogen and oxygen atoms in total. The van der Waals surface area contributed by atoms with Crippen molar-refractivity contribution in [3.63, 3.8) is 0 Å². The lowest BCUT2D eigenvalue weighted by atomic mass is 10.0. The lowest BCUT2D eigenvalue weighted by Gasteiger charge is -2.33. The van der Waals surface area contributed by atoms with Crippen LogP contribution < -0.4 is 10.1 Å². The van der Waals surface area contributed by atoms with Gasteiger partial charge in [-0.1, -0.05) is 11.6 Å². The van der Waals surface area contributed by atoms with Crippen LogP contribution in [0.4, 0.5) is 18.9 Å². The number of ether oxygens (including phenoxy) is 1. The Morgan fingerprint density at radius 2 is 2.00 bits per heavy atom. The third-order valence-corrected chi connectivity index (χ3v) is 3.75. The molecule has 21 heavy (non-hydrogen) atoms. The van der Waals surface area contributed by atoms with Crippen molar-refractivity contribution in [1.82, 2.24) is 4.90 Å². The highest BCUT2D eigenvalue weighted by Crippen LogP contribution is 2.30. The number of halogens is 4. The third-order valence-electron chi connectivity index (χ3n) is 3.51. The molecule has 1 aromatic carbocycles. The smallest absolute Gasteiger partial charge is 0.401 e. The number of rotatable bonds is 4. The summed E-state index contributed by atoms with van der Waals surface area (Å²) in [6.45, 7) is 0.0281. The Morgan fingerprint density at radius 3 is 2.57 bits per heavy atom. The monoisotopic (exact) mass is 322 g/mol. The molecular formula is C14H18ClF3N2O. The lowest BCUT2D eigenvalue weighted by molar-refractivity contribution is -0.147. The predicted molar refractivity (Wildman–Crippen MR) is 77.1 cm³/mol. The number of benzene rings is 1. The van der Waals surface area contributed by atoms with Crippen molar-refractivity contribution in [2.45, 2.75) is 25.1 Å². The second-order valence-corrected chi connectivity index (χ2v) is 5.59. The summed E-state index contributed by atoms with van der Waals surface area (Å²) >= 11 is 5.96. The molecule has 0 spiro atoms. The molecule has 1 heterocycles. The molecule has 7 heteroatoms. The molecule has 0 atom stereocenters. The van der Waals surface area contributed by atoms with Gasteiger partial charge in [0.15, 0.2) is 0 Å². The topological polar surface area (TPSA) is 24.5 Å². The SMILES string of the molecule is COc1ccc(Cl)cc1NC1CCN(CC(F)(F)F)CC1. The fourth-order valence-corrected chi connectivity index (χ4v) is 2.67. The number of likely N-dealkylation sites (tertiary alicyclic amines) is 1. The summed E-state index contributed by atoms with van der Waals surface area (Å²) in [6, 6.07) is 5.39. The van der Waals surface area contributed by atoms with Gasteiger partial charge in [0.25, 0.3) is 0 Å². The molecule has 0 amide bonds. The van der Waals surface area contributed by atoms with Crippen molar-refractivity contribution in [3.8, 4) is 5.75 Å². The molecule has 0 bridgehead atoms. The van der Waals surface area contributed by atoms with E-state index in [9.17, 15) is 13.2 Å². The van der Waals surface area contributed by atoms with Crippen LogP contribution in [0.2, 0.25) is 5.02 Å². The van der Waals surface area contributed by atoms with Gasteiger partial charge in [0.2, 0.25) is 0 Å². The zero-order valence-electron chi connectivity index (χ0n) is 11.7. The fraction of sp³-hybridized carbons (Fsp3) is 0.571. The Bertz CT molecular complexity index is 474. The van der Waals surface area contributed by atoms with E-state index in [1.54, 1.807) is 25.3 Å². The van der Waals surface area contributed by atoms with Gasteiger partial charge < -0.3 is 10.1 Å². The minimum atomic E-state index is -4.13. The minimum Gasteiger partial charge on any atom is -0.495 e. The van der Waals surface area contributed by atoms with Crippen molar-refractivity contribution in [3.05, 3.63) is 23.2 Å². The Hall–Kier alpha value is -1.14. The second kappa shape index (κ2) is 6.75. The maximum atomic E-state index is 12.3. The molecule has 1 aliphatic rings. The Morgan fingerprint density at radius 1 is 1.33 bits per heavy atom. The van der Waals surface area contributed by atoms with Crippen LogP contribution in [-0.2, 0) is 0 Å². The molecule has 0 radical (unpaired) electrons. The van der Waals surface area contributed by atoms with Gasteiger partial charge in [-0.2, -0.15) is 13.2 Å². The first-order chi connectivity index (χ1) is 9.87. The lowest BCUT2D eigenvalue weighted by Crippen LogP contribution is -2.43. The van der Waals surface area contributed by atoms with Crippen LogP contribution in [-0.4, -0.2) is 43.9 Å². The molecule has 0 aromatic heterocycles. The quantitative estimate of drug-likeness (QED) is 0.913. The van der Waals surface area contributed by atoms with E-state index in [2.05, 4.69) is 5.32 Å². The van der Waals surface area contributed by atoms with Crippen LogP contribution in [0.15, 0.2) is 18.2 Å². The van der Waals surface area contributed by atoms with Crippen LogP contribution in [0.25, 0.3) is 0 Å². The van der Waals surface area contributed by atoms with Gasteiger partial charge in [0.05, 0.1) is 19.3 Å². The second-order valence-electron chi connectivity index (χ2n) is 5.15. The summed E-state index contributed by atoms with van der Waals surface area (Å²) in [5.74, 6) is 0.678. The Labute approximate surface area is 127 Å². The van der Waals surface area contributed by atoms with E-state index in [-0.39, 0.29) is 6.04 Å². The van der Waals surface area contributed by atoms with Gasteiger partial charge in [-0.3, -0.25) is 4.90 Å².